The Morgan fingerprint density at radius 3 is 2.46 bits per heavy atom. The van der Waals surface area contributed by atoms with Crippen LogP contribution in [0.1, 0.15) is 34.5 Å². The number of halogens is 1. The SMILES string of the molecule is CNCCOC1CCN(CC(=O)N2CCN(C(=O)c3cc(Cc4n[nH]c(=O)c5ccccc45)ccc3F)CC2)CC1. The molecule has 0 saturated carbocycles. The van der Waals surface area contributed by atoms with Crippen molar-refractivity contribution in [3.63, 3.8) is 0 Å². The molecule has 0 atom stereocenters. The number of piperidine rings is 1. The van der Waals surface area contributed by atoms with Gasteiger partial charge < -0.3 is 19.9 Å². The molecule has 218 valence electrons. The Hall–Kier alpha value is -3.67. The Bertz CT molecular complexity index is 1430. The van der Waals surface area contributed by atoms with Crippen LogP contribution in [-0.2, 0) is 16.0 Å². The zero-order chi connectivity index (χ0) is 28.8. The molecule has 11 heteroatoms. The number of carbonyl (C=O) groups excluding carboxylic acids is 2. The number of hydrogen-bond donors (Lipinski definition) is 2. The number of rotatable bonds is 9. The van der Waals surface area contributed by atoms with Crippen molar-refractivity contribution in [1.29, 1.82) is 0 Å². The molecule has 2 aromatic carbocycles. The van der Waals surface area contributed by atoms with Gasteiger partial charge in [0.15, 0.2) is 0 Å². The van der Waals surface area contributed by atoms with Gasteiger partial charge in [-0.1, -0.05) is 24.3 Å². The summed E-state index contributed by atoms with van der Waals surface area (Å²) >= 11 is 0. The molecule has 10 nitrogen and oxygen atoms in total. The number of nitrogens with one attached hydrogen (secondary N) is 2. The van der Waals surface area contributed by atoms with Gasteiger partial charge >= 0.3 is 0 Å². The van der Waals surface area contributed by atoms with Gasteiger partial charge in [0.2, 0.25) is 5.91 Å². The normalized spacial score (nSPS) is 16.8. The predicted octanol–water partition coefficient (Wildman–Crippen LogP) is 1.64. The summed E-state index contributed by atoms with van der Waals surface area (Å²) in [5.74, 6) is -0.925. The van der Waals surface area contributed by atoms with Gasteiger partial charge in [-0.05, 0) is 43.7 Å². The van der Waals surface area contributed by atoms with Crippen LogP contribution in [0, 0.1) is 5.82 Å². The van der Waals surface area contributed by atoms with E-state index in [0.717, 1.165) is 37.9 Å². The van der Waals surface area contributed by atoms with Crippen LogP contribution in [0.3, 0.4) is 0 Å². The van der Waals surface area contributed by atoms with Gasteiger partial charge in [0.1, 0.15) is 5.82 Å². The molecule has 2 aliphatic heterocycles. The molecule has 5 rings (SSSR count). The topological polar surface area (TPSA) is 111 Å². The minimum Gasteiger partial charge on any atom is -0.377 e. The van der Waals surface area contributed by atoms with Crippen molar-refractivity contribution in [2.24, 2.45) is 0 Å². The van der Waals surface area contributed by atoms with Gasteiger partial charge in [-0.25, -0.2) is 9.49 Å². The van der Waals surface area contributed by atoms with Crippen molar-refractivity contribution in [3.05, 3.63) is 75.5 Å². The summed E-state index contributed by atoms with van der Waals surface area (Å²) in [6, 6.07) is 11.7. The number of carbonyl (C=O) groups is 2. The molecule has 2 amide bonds. The van der Waals surface area contributed by atoms with Crippen LogP contribution in [0.2, 0.25) is 0 Å². The van der Waals surface area contributed by atoms with Gasteiger partial charge in [0.05, 0.1) is 35.9 Å². The summed E-state index contributed by atoms with van der Waals surface area (Å²) < 4.78 is 20.7. The molecule has 0 spiro atoms. The van der Waals surface area contributed by atoms with Crippen molar-refractivity contribution in [2.45, 2.75) is 25.4 Å². The van der Waals surface area contributed by atoms with E-state index in [9.17, 15) is 18.8 Å². The first-order valence-corrected chi connectivity index (χ1v) is 14.2. The molecule has 41 heavy (non-hydrogen) atoms. The van der Waals surface area contributed by atoms with Gasteiger partial charge in [-0.15, -0.1) is 0 Å². The summed E-state index contributed by atoms with van der Waals surface area (Å²) in [5.41, 5.74) is 1.08. The lowest BCUT2D eigenvalue weighted by atomic mass is 10.0. The van der Waals surface area contributed by atoms with Crippen LogP contribution in [0.25, 0.3) is 10.8 Å². The van der Waals surface area contributed by atoms with Crippen molar-refractivity contribution in [2.75, 3.05) is 66.0 Å². The zero-order valence-corrected chi connectivity index (χ0v) is 23.4. The third-order valence-electron chi connectivity index (χ3n) is 7.93. The van der Waals surface area contributed by atoms with Gasteiger partial charge in [0.25, 0.3) is 11.5 Å². The second-order valence-corrected chi connectivity index (χ2v) is 10.7. The predicted molar refractivity (Wildman–Crippen MR) is 153 cm³/mol. The van der Waals surface area contributed by atoms with Gasteiger partial charge in [-0.2, -0.15) is 5.10 Å². The number of likely N-dealkylation sites (N-methyl/N-ethyl adjacent to an activating group) is 1. The van der Waals surface area contributed by atoms with Crippen LogP contribution < -0.4 is 10.9 Å². The monoisotopic (exact) mass is 564 g/mol. The highest BCUT2D eigenvalue weighted by Crippen LogP contribution is 2.20. The highest BCUT2D eigenvalue weighted by Gasteiger charge is 2.28. The number of piperazine rings is 1. The number of fused-ring (bicyclic) bond motifs is 1. The molecular formula is C30H37FN6O4. The van der Waals surface area contributed by atoms with Crippen molar-refractivity contribution >= 4 is 22.6 Å². The number of nitrogens with zero attached hydrogens (tertiary/aromatic N) is 4. The second-order valence-electron chi connectivity index (χ2n) is 10.7. The Labute approximate surface area is 238 Å². The molecule has 1 aromatic heterocycles. The largest absolute Gasteiger partial charge is 0.377 e. The fourth-order valence-electron chi connectivity index (χ4n) is 5.53. The van der Waals surface area contributed by atoms with E-state index in [1.165, 1.54) is 6.07 Å². The van der Waals surface area contributed by atoms with Crippen LogP contribution >= 0.6 is 0 Å². The minimum absolute atomic E-state index is 0.00388. The van der Waals surface area contributed by atoms with Crippen LogP contribution in [0.5, 0.6) is 0 Å². The van der Waals surface area contributed by atoms with E-state index in [-0.39, 0.29) is 23.1 Å². The van der Waals surface area contributed by atoms with Crippen molar-refractivity contribution < 1.29 is 18.7 Å². The molecule has 2 aliphatic rings. The first kappa shape index (κ1) is 28.8. The fraction of sp³-hybridized carbons (Fsp3) is 0.467. The molecule has 0 unspecified atom stereocenters. The molecule has 2 saturated heterocycles. The molecule has 0 aliphatic carbocycles. The number of aromatic amines is 1. The molecule has 0 bridgehead atoms. The van der Waals surface area contributed by atoms with Crippen LogP contribution in [0.4, 0.5) is 4.39 Å². The maximum atomic E-state index is 14.8. The second kappa shape index (κ2) is 13.3. The number of amides is 2. The minimum atomic E-state index is -0.588. The summed E-state index contributed by atoms with van der Waals surface area (Å²) in [4.78, 5) is 43.9. The zero-order valence-electron chi connectivity index (χ0n) is 23.4. The Morgan fingerprint density at radius 2 is 1.73 bits per heavy atom. The molecule has 2 fully saturated rings. The summed E-state index contributed by atoms with van der Waals surface area (Å²) in [6.45, 7) is 5.08. The average molecular weight is 565 g/mol. The van der Waals surface area contributed by atoms with E-state index in [4.69, 9.17) is 4.74 Å². The third-order valence-corrected chi connectivity index (χ3v) is 7.93. The van der Waals surface area contributed by atoms with E-state index in [0.29, 0.717) is 62.4 Å². The number of H-pyrrole nitrogens is 1. The van der Waals surface area contributed by atoms with Gasteiger partial charge in [-0.3, -0.25) is 19.3 Å². The molecular weight excluding hydrogens is 527 g/mol. The lowest BCUT2D eigenvalue weighted by Gasteiger charge is -2.37. The Morgan fingerprint density at radius 1 is 1.02 bits per heavy atom. The first-order valence-electron chi connectivity index (χ1n) is 14.2. The Balaban J connectivity index is 1.15. The maximum absolute atomic E-state index is 14.8. The van der Waals surface area contributed by atoms with E-state index in [2.05, 4.69) is 20.4 Å². The van der Waals surface area contributed by atoms with Crippen molar-refractivity contribution in [3.8, 4) is 0 Å². The van der Waals surface area contributed by atoms with E-state index in [1.807, 2.05) is 19.2 Å². The van der Waals surface area contributed by atoms with E-state index in [1.54, 1.807) is 34.1 Å². The number of aromatic nitrogens is 2. The lowest BCUT2D eigenvalue weighted by molar-refractivity contribution is -0.134. The highest BCUT2D eigenvalue weighted by molar-refractivity contribution is 5.95. The molecule has 3 aromatic rings. The number of benzene rings is 2. The summed E-state index contributed by atoms with van der Waals surface area (Å²) in [6.07, 6.45) is 2.41. The number of likely N-dealkylation sites (tertiary alicyclic amines) is 1. The highest BCUT2D eigenvalue weighted by atomic mass is 19.1. The average Bonchev–Trinajstić information content (AvgIpc) is 3.00. The molecule has 2 N–H and O–H groups in total. The van der Waals surface area contributed by atoms with Gasteiger partial charge in [0, 0.05) is 57.6 Å². The maximum Gasteiger partial charge on any atom is 0.272 e. The van der Waals surface area contributed by atoms with Crippen LogP contribution in [0.15, 0.2) is 47.3 Å². The third kappa shape index (κ3) is 6.98. The fourth-order valence-corrected chi connectivity index (χ4v) is 5.53. The van der Waals surface area contributed by atoms with E-state index < -0.39 is 11.7 Å². The lowest BCUT2D eigenvalue weighted by Crippen LogP contribution is -2.53. The smallest absolute Gasteiger partial charge is 0.272 e. The molecule has 0 radical (unpaired) electrons. The quantitative estimate of drug-likeness (QED) is 0.380. The summed E-state index contributed by atoms with van der Waals surface area (Å²) in [5, 5.41) is 11.0. The summed E-state index contributed by atoms with van der Waals surface area (Å²) in [7, 11) is 1.90. The van der Waals surface area contributed by atoms with Crippen LogP contribution in [-0.4, -0.2) is 109 Å². The van der Waals surface area contributed by atoms with Crippen molar-refractivity contribution in [1.82, 2.24) is 30.2 Å². The first-order chi connectivity index (χ1) is 19.9. The number of hydrogen-bond acceptors (Lipinski definition) is 7. The Kier molecular flexibility index (Phi) is 9.38. The van der Waals surface area contributed by atoms with E-state index >= 15 is 0 Å². The molecule has 3 heterocycles. The number of ether oxygens (including phenoxy) is 1. The standard InChI is InChI=1S/C30H37FN6O4/c1-32-10-17-41-22-8-11-35(12-9-22)20-28(38)36-13-15-37(16-14-36)30(40)25-18-21(6-7-26(25)31)19-27-23-4-2-3-5-24(23)29(39)34-33-27/h2-7,18,22,32H,8-17,19-20H2,1H3,(H,34,39).